The van der Waals surface area contributed by atoms with E-state index in [-0.39, 0.29) is 5.69 Å². The van der Waals surface area contributed by atoms with Crippen LogP contribution in [0.3, 0.4) is 0 Å². The minimum atomic E-state index is -8.91. The Labute approximate surface area is 401 Å². The average molecular weight is 1250 g/mol. The van der Waals surface area contributed by atoms with Crippen LogP contribution in [0, 0.1) is 0 Å². The molecule has 1 unspecified atom stereocenters. The predicted octanol–water partition coefficient (Wildman–Crippen LogP) is 15.2. The molecule has 0 amide bonds. The smallest absolute Gasteiger partial charge is 0.405 e. The molecule has 0 saturated carbocycles. The summed E-state index contributed by atoms with van der Waals surface area (Å²) in [7, 11) is -9.27. The van der Waals surface area contributed by atoms with Crippen molar-refractivity contribution in [2.24, 2.45) is 0 Å². The maximum absolute atomic E-state index is 15.2. The van der Waals surface area contributed by atoms with Gasteiger partial charge in [-0.25, -0.2) is 0 Å². The summed E-state index contributed by atoms with van der Waals surface area (Å²) in [5.41, 5.74) is 4.53. The number of rotatable bonds is 24. The highest BCUT2D eigenvalue weighted by Gasteiger charge is 2.93. The van der Waals surface area contributed by atoms with E-state index in [9.17, 15) is 145 Å². The molecule has 0 aliphatic carbocycles. The van der Waals surface area contributed by atoms with E-state index >= 15 is 26.3 Å². The molecule has 1 aliphatic rings. The van der Waals surface area contributed by atoms with Gasteiger partial charge in [-0.3, -0.25) is 0 Å². The molecule has 1 atom stereocenters. The number of anilines is 1. The Bertz CT molecular complexity index is 2010. The molecule has 44 heteroatoms. The van der Waals surface area contributed by atoms with Crippen LogP contribution in [0.5, 0.6) is 0 Å². The topological polar surface area (TPSA) is 44.5 Å². The minimum absolute atomic E-state index is 0.377. The molecule has 0 bridgehead atoms. The van der Waals surface area contributed by atoms with Crippen LogP contribution in [0.15, 0.2) is 24.3 Å². The Morgan fingerprint density at radius 3 is 0.896 bits per heavy atom. The second-order valence-corrected chi connectivity index (χ2v) is 21.7. The van der Waals surface area contributed by atoms with E-state index in [4.69, 9.17) is 15.0 Å². The highest BCUT2D eigenvalue weighted by Crippen LogP contribution is 2.65. The van der Waals surface area contributed by atoms with E-state index in [0.29, 0.717) is 0 Å². The van der Waals surface area contributed by atoms with E-state index in [1.807, 2.05) is 0 Å². The molecule has 1 fully saturated rings. The number of halogens is 39. The number of hydrogen-bond donors (Lipinski definition) is 1. The zero-order valence-electron chi connectivity index (χ0n) is 35.8. The monoisotopic (exact) mass is 1250 g/mol. The Balaban J connectivity index is 3.11. The fourth-order valence-corrected chi connectivity index (χ4v) is 11.8. The van der Waals surface area contributed by atoms with E-state index < -0.39 is 184 Å². The molecule has 1 aliphatic heterocycles. The summed E-state index contributed by atoms with van der Waals surface area (Å²) in [5, 5.41) is 0. The molecule has 77 heavy (non-hydrogen) atoms. The minimum Gasteiger partial charge on any atom is -0.405 e. The maximum atomic E-state index is 15.2. The average Bonchev–Trinajstić information content (AvgIpc) is 3.70. The summed E-state index contributed by atoms with van der Waals surface area (Å²) in [4.78, 5) is 0. The molecule has 2 N–H and O–H groups in total. The van der Waals surface area contributed by atoms with Crippen LogP contribution in [0.4, 0.5) is 177 Å². The zero-order chi connectivity index (χ0) is 61.7. The van der Waals surface area contributed by atoms with E-state index in [0.717, 1.165) is 24.3 Å². The van der Waals surface area contributed by atoms with Gasteiger partial charge in [0.05, 0.1) is 20.8 Å². The summed E-state index contributed by atoms with van der Waals surface area (Å²) in [6.07, 6.45) is -39.5. The van der Waals surface area contributed by atoms with Crippen molar-refractivity contribution in [3.8, 4) is 0 Å². The van der Waals surface area contributed by atoms with Gasteiger partial charge in [-0.1, -0.05) is 30.3 Å². The molecular formula is C33H23BF39NO2Si. The lowest BCUT2D eigenvalue weighted by Gasteiger charge is -2.43. The first-order chi connectivity index (χ1) is 33.3. The van der Waals surface area contributed by atoms with Gasteiger partial charge in [-0.15, -0.1) is 0 Å². The van der Waals surface area contributed by atoms with Gasteiger partial charge in [0, 0.05) is 24.9 Å². The molecule has 1 heterocycles. The molecule has 1 saturated heterocycles. The fraction of sp³-hybridized carbons (Fsp3) is 0.818. The van der Waals surface area contributed by atoms with Gasteiger partial charge < -0.3 is 15.0 Å². The molecule has 3 nitrogen and oxygen atoms in total. The van der Waals surface area contributed by atoms with Crippen molar-refractivity contribution in [1.82, 2.24) is 0 Å². The SMILES string of the molecule is Nc1cccc(B2OCC(C[Si](CCC(F)(F)C(F)(F)C(F)(F)C(F)(F)C(F)(F)C(F)(F)F)(CCC(F)(F)C(F)(F)C(F)(F)C(F)(F)C(F)(F)C(F)(F)F)CCC(F)(F)C(F)(F)C(F)(F)C(F)(F)C(F)(F)C(F)(F)F)O2)c1. The molecule has 0 aromatic heterocycles. The van der Waals surface area contributed by atoms with Crippen molar-refractivity contribution in [2.45, 2.75) is 157 Å². The third kappa shape index (κ3) is 11.1. The summed E-state index contributed by atoms with van der Waals surface area (Å²) in [6, 6.07) is -8.92. The van der Waals surface area contributed by atoms with Crippen LogP contribution in [-0.2, 0) is 9.31 Å². The third-order valence-electron chi connectivity index (χ3n) is 11.5. The predicted molar refractivity (Wildman–Crippen MR) is 178 cm³/mol. The summed E-state index contributed by atoms with van der Waals surface area (Å²) in [6.45, 7) is -1.61. The molecule has 0 radical (unpaired) electrons. The lowest BCUT2D eigenvalue weighted by Crippen LogP contribution is -2.70. The summed E-state index contributed by atoms with van der Waals surface area (Å²) >= 11 is 0. The van der Waals surface area contributed by atoms with Gasteiger partial charge >= 0.3 is 114 Å². The van der Waals surface area contributed by atoms with Crippen LogP contribution >= 0.6 is 0 Å². The standard InChI is InChI=1S/C33H23BF39NO2Si/c35-16(36,19(41,42)22(47,48)25(53,54)28(59,60)31(65,66)67)4-7-77(12-15-11-75-34(76-15)13-2-1-3-14(74)10-13,8-5-17(37,38)20(43,44)23(49,50)26(55,56)29(61,62)32(68,69)70)9-6-18(39,40)21(45,46)24(51,52)27(57,58)30(63,64)33(71,72)73/h1-3,10,15H,4-9,11-12,74H2. The number of benzene rings is 1. The number of nitrogens with two attached hydrogens (primary N) is 1. The first kappa shape index (κ1) is 69.6. The van der Waals surface area contributed by atoms with E-state index in [2.05, 4.69) is 0 Å². The molecule has 2 rings (SSSR count). The third-order valence-corrected chi connectivity index (χ3v) is 16.7. The molecule has 1 aromatic carbocycles. The van der Waals surface area contributed by atoms with Gasteiger partial charge in [-0.2, -0.15) is 171 Å². The van der Waals surface area contributed by atoms with Crippen molar-refractivity contribution in [2.75, 3.05) is 12.3 Å². The zero-order valence-corrected chi connectivity index (χ0v) is 36.8. The van der Waals surface area contributed by atoms with Crippen molar-refractivity contribution >= 4 is 26.3 Å². The number of nitrogen functional groups attached to an aromatic ring is 1. The van der Waals surface area contributed by atoms with E-state index in [1.54, 1.807) is 0 Å². The molecule has 0 spiro atoms. The van der Waals surface area contributed by atoms with Crippen LogP contribution in [0.2, 0.25) is 24.2 Å². The van der Waals surface area contributed by atoms with Gasteiger partial charge in [0.1, 0.15) is 0 Å². The lowest BCUT2D eigenvalue weighted by molar-refractivity contribution is -0.440. The van der Waals surface area contributed by atoms with Crippen molar-refractivity contribution in [1.29, 1.82) is 0 Å². The van der Waals surface area contributed by atoms with Gasteiger partial charge in [0.15, 0.2) is 0 Å². The first-order valence-corrected chi connectivity index (χ1v) is 22.1. The quantitative estimate of drug-likeness (QED) is 0.0637. The number of hydrogen-bond acceptors (Lipinski definition) is 3. The van der Waals surface area contributed by atoms with Crippen LogP contribution < -0.4 is 11.2 Å². The van der Waals surface area contributed by atoms with E-state index in [1.165, 1.54) is 0 Å². The summed E-state index contributed by atoms with van der Waals surface area (Å²) in [5.74, 6) is -128. The Morgan fingerprint density at radius 1 is 0.390 bits per heavy atom. The largest absolute Gasteiger partial charge is 0.494 e. The molecular weight excluding hydrogens is 1220 g/mol. The maximum Gasteiger partial charge on any atom is 0.494 e. The second kappa shape index (κ2) is 19.9. The van der Waals surface area contributed by atoms with Crippen LogP contribution in [0.1, 0.15) is 19.3 Å². The second-order valence-electron chi connectivity index (χ2n) is 16.8. The Morgan fingerprint density at radius 2 is 0.649 bits per heavy atom. The fourth-order valence-electron chi connectivity index (χ4n) is 6.74. The van der Waals surface area contributed by atoms with Crippen LogP contribution in [-0.4, -0.2) is 135 Å². The van der Waals surface area contributed by atoms with Crippen molar-refractivity contribution < 1.29 is 181 Å². The molecule has 1 aromatic rings. The van der Waals surface area contributed by atoms with Crippen molar-refractivity contribution in [3.63, 3.8) is 0 Å². The van der Waals surface area contributed by atoms with Gasteiger partial charge in [-0.05, 0) is 23.6 Å². The first-order valence-electron chi connectivity index (χ1n) is 19.3. The number of alkyl halides is 39. The Hall–Kier alpha value is -3.51. The highest BCUT2D eigenvalue weighted by atomic mass is 28.3. The lowest BCUT2D eigenvalue weighted by atomic mass is 9.79. The highest BCUT2D eigenvalue weighted by molar-refractivity contribution is 6.80. The van der Waals surface area contributed by atoms with Gasteiger partial charge in [0.25, 0.3) is 0 Å². The van der Waals surface area contributed by atoms with Gasteiger partial charge in [0.2, 0.25) is 0 Å². The normalized spacial score (nSPS) is 18.2. The Kier molecular flexibility index (Phi) is 18.0. The summed E-state index contributed by atoms with van der Waals surface area (Å²) < 4.78 is 555. The molecule has 452 valence electrons. The van der Waals surface area contributed by atoms with Crippen molar-refractivity contribution in [3.05, 3.63) is 24.3 Å². The van der Waals surface area contributed by atoms with Crippen LogP contribution in [0.25, 0.3) is 0 Å².